The third-order valence-electron chi connectivity index (χ3n) is 5.08. The van der Waals surface area contributed by atoms with Crippen molar-refractivity contribution in [3.05, 3.63) is 11.9 Å². The maximum atomic E-state index is 12.2. The molecule has 2 saturated carbocycles. The normalized spacial score (nSPS) is 27.3. The first-order valence-corrected chi connectivity index (χ1v) is 8.89. The Kier molecular flexibility index (Phi) is 4.18. The fraction of sp³-hybridized carbons (Fsp3) is 0.647. The Balaban J connectivity index is 1.44. The van der Waals surface area contributed by atoms with Gasteiger partial charge in [0.15, 0.2) is 5.54 Å². The van der Waals surface area contributed by atoms with Crippen LogP contribution in [0.1, 0.15) is 44.2 Å². The minimum Gasteiger partial charge on any atom is -0.476 e. The first kappa shape index (κ1) is 17.0. The second-order valence-electron chi connectivity index (χ2n) is 7.23. The fourth-order valence-electron chi connectivity index (χ4n) is 2.83. The molecule has 0 radical (unpaired) electrons. The van der Waals surface area contributed by atoms with Crippen LogP contribution >= 0.6 is 0 Å². The third-order valence-corrected chi connectivity index (χ3v) is 5.08. The van der Waals surface area contributed by atoms with Gasteiger partial charge in [0.2, 0.25) is 17.7 Å². The van der Waals surface area contributed by atoms with Crippen molar-refractivity contribution < 1.29 is 23.8 Å². The van der Waals surface area contributed by atoms with E-state index in [0.29, 0.717) is 24.3 Å². The number of carbonyl (C=O) groups is 2. The lowest BCUT2D eigenvalue weighted by Crippen LogP contribution is -2.73. The molecule has 0 spiro atoms. The van der Waals surface area contributed by atoms with E-state index in [9.17, 15) is 9.59 Å². The summed E-state index contributed by atoms with van der Waals surface area (Å²) in [6.45, 7) is 2.27. The highest BCUT2D eigenvalue weighted by molar-refractivity contribution is 5.90. The molecule has 3 fully saturated rings. The molecule has 140 valence electrons. The SMILES string of the molecule is CC1OCC1(NC(=O)Oc1cnc(C2CC2)c(OCC2CC2)n1)C(N)=O. The van der Waals surface area contributed by atoms with Crippen molar-refractivity contribution >= 4 is 12.0 Å². The predicted molar refractivity (Wildman–Crippen MR) is 88.7 cm³/mol. The lowest BCUT2D eigenvalue weighted by atomic mass is 9.88. The average Bonchev–Trinajstić information content (AvgIpc) is 3.49. The van der Waals surface area contributed by atoms with Gasteiger partial charge < -0.3 is 25.3 Å². The molecule has 2 aliphatic carbocycles. The summed E-state index contributed by atoms with van der Waals surface area (Å²) >= 11 is 0. The Morgan fingerprint density at radius 1 is 1.38 bits per heavy atom. The molecule has 3 aliphatic rings. The minimum absolute atomic E-state index is 0.0145. The summed E-state index contributed by atoms with van der Waals surface area (Å²) in [4.78, 5) is 32.5. The van der Waals surface area contributed by atoms with Gasteiger partial charge in [-0.25, -0.2) is 9.78 Å². The van der Waals surface area contributed by atoms with E-state index < -0.39 is 23.6 Å². The smallest absolute Gasteiger partial charge is 0.415 e. The molecule has 1 aromatic heterocycles. The molecular weight excluding hydrogens is 340 g/mol. The number of rotatable bonds is 7. The number of amides is 2. The minimum atomic E-state index is -1.26. The van der Waals surface area contributed by atoms with Gasteiger partial charge in [-0.3, -0.25) is 4.79 Å². The van der Waals surface area contributed by atoms with Gasteiger partial charge in [-0.1, -0.05) is 0 Å². The maximum Gasteiger partial charge on any atom is 0.415 e. The molecule has 2 amide bonds. The number of carbonyl (C=O) groups excluding carboxylic acids is 2. The topological polar surface area (TPSA) is 126 Å². The van der Waals surface area contributed by atoms with Gasteiger partial charge in [-0.2, -0.15) is 4.98 Å². The van der Waals surface area contributed by atoms with E-state index in [1.807, 2.05) is 0 Å². The molecule has 0 bridgehead atoms. The monoisotopic (exact) mass is 362 g/mol. The standard InChI is InChI=1S/C17H22N4O5/c1-9-17(8-25-9,15(18)22)21-16(23)26-12-6-19-13(11-4-5-11)14(20-12)24-7-10-2-3-10/h6,9-11H,2-5,7-8H2,1H3,(H2,18,22)(H,21,23). The Morgan fingerprint density at radius 3 is 2.69 bits per heavy atom. The van der Waals surface area contributed by atoms with E-state index in [1.54, 1.807) is 6.92 Å². The first-order chi connectivity index (χ1) is 12.5. The zero-order valence-electron chi connectivity index (χ0n) is 14.6. The summed E-state index contributed by atoms with van der Waals surface area (Å²) in [6, 6.07) is 0. The average molecular weight is 362 g/mol. The van der Waals surface area contributed by atoms with Crippen LogP contribution < -0.4 is 20.5 Å². The highest BCUT2D eigenvalue weighted by atomic mass is 16.6. The quantitative estimate of drug-likeness (QED) is 0.737. The van der Waals surface area contributed by atoms with E-state index in [4.69, 9.17) is 19.9 Å². The zero-order valence-corrected chi connectivity index (χ0v) is 14.6. The zero-order chi connectivity index (χ0) is 18.3. The maximum absolute atomic E-state index is 12.2. The van der Waals surface area contributed by atoms with E-state index in [2.05, 4.69) is 15.3 Å². The number of aromatic nitrogens is 2. The summed E-state index contributed by atoms with van der Waals surface area (Å²) in [7, 11) is 0. The van der Waals surface area contributed by atoms with Crippen LogP contribution in [0.25, 0.3) is 0 Å². The van der Waals surface area contributed by atoms with Crippen molar-refractivity contribution in [2.45, 2.75) is 50.2 Å². The van der Waals surface area contributed by atoms with Crippen molar-refractivity contribution in [1.29, 1.82) is 0 Å². The highest BCUT2D eigenvalue weighted by Gasteiger charge is 2.53. The molecule has 2 heterocycles. The van der Waals surface area contributed by atoms with Crippen molar-refractivity contribution in [3.63, 3.8) is 0 Å². The summed E-state index contributed by atoms with van der Waals surface area (Å²) in [6.07, 6.45) is 4.51. The summed E-state index contributed by atoms with van der Waals surface area (Å²) in [5.41, 5.74) is 4.94. The molecule has 9 nitrogen and oxygen atoms in total. The van der Waals surface area contributed by atoms with Gasteiger partial charge in [-0.15, -0.1) is 0 Å². The summed E-state index contributed by atoms with van der Waals surface area (Å²) in [5, 5.41) is 2.49. The fourth-order valence-corrected chi connectivity index (χ4v) is 2.83. The molecule has 1 aromatic rings. The molecule has 9 heteroatoms. The second kappa shape index (κ2) is 6.39. The molecule has 1 saturated heterocycles. The Labute approximate surface area is 150 Å². The Morgan fingerprint density at radius 2 is 2.15 bits per heavy atom. The Hall–Kier alpha value is -2.42. The van der Waals surface area contributed by atoms with Crippen LogP contribution in [0, 0.1) is 5.92 Å². The van der Waals surface area contributed by atoms with Crippen molar-refractivity contribution in [1.82, 2.24) is 15.3 Å². The highest BCUT2D eigenvalue weighted by Crippen LogP contribution is 2.43. The number of ether oxygens (including phenoxy) is 3. The number of nitrogens with one attached hydrogen (secondary N) is 1. The number of hydrogen-bond donors (Lipinski definition) is 2. The van der Waals surface area contributed by atoms with Crippen LogP contribution in [0.15, 0.2) is 6.20 Å². The lowest BCUT2D eigenvalue weighted by molar-refractivity contribution is -0.163. The molecule has 0 aromatic carbocycles. The molecule has 3 N–H and O–H groups in total. The van der Waals surface area contributed by atoms with Crippen molar-refractivity contribution in [2.75, 3.05) is 13.2 Å². The number of nitrogens with zero attached hydrogens (tertiary/aromatic N) is 2. The van der Waals surface area contributed by atoms with Crippen LogP contribution in [0.4, 0.5) is 4.79 Å². The van der Waals surface area contributed by atoms with Crippen molar-refractivity contribution in [2.24, 2.45) is 11.7 Å². The van der Waals surface area contributed by atoms with Crippen LogP contribution in [0.2, 0.25) is 0 Å². The van der Waals surface area contributed by atoms with Crippen LogP contribution in [-0.4, -0.2) is 46.8 Å². The summed E-state index contributed by atoms with van der Waals surface area (Å²) < 4.78 is 16.2. The van der Waals surface area contributed by atoms with E-state index in [-0.39, 0.29) is 12.5 Å². The number of primary amides is 1. The largest absolute Gasteiger partial charge is 0.476 e. The van der Waals surface area contributed by atoms with Gasteiger partial charge in [0, 0.05) is 5.92 Å². The molecule has 26 heavy (non-hydrogen) atoms. The van der Waals surface area contributed by atoms with E-state index in [1.165, 1.54) is 19.0 Å². The van der Waals surface area contributed by atoms with E-state index >= 15 is 0 Å². The molecule has 2 atom stereocenters. The van der Waals surface area contributed by atoms with Crippen LogP contribution in [0.3, 0.4) is 0 Å². The van der Waals surface area contributed by atoms with Gasteiger partial charge >= 0.3 is 6.09 Å². The Bertz CT molecular complexity index is 734. The van der Waals surface area contributed by atoms with Gasteiger partial charge in [0.1, 0.15) is 5.69 Å². The van der Waals surface area contributed by atoms with Gasteiger partial charge in [0.05, 0.1) is 25.5 Å². The lowest BCUT2D eigenvalue weighted by Gasteiger charge is -2.44. The van der Waals surface area contributed by atoms with Crippen molar-refractivity contribution in [3.8, 4) is 11.8 Å². The first-order valence-electron chi connectivity index (χ1n) is 8.89. The van der Waals surface area contributed by atoms with E-state index in [0.717, 1.165) is 18.5 Å². The molecule has 4 rings (SSSR count). The van der Waals surface area contributed by atoms with Crippen LogP contribution in [-0.2, 0) is 9.53 Å². The summed E-state index contributed by atoms with van der Waals surface area (Å²) in [5.74, 6) is 0.717. The molecule has 1 aliphatic heterocycles. The second-order valence-corrected chi connectivity index (χ2v) is 7.23. The molecule has 2 unspecified atom stereocenters. The number of nitrogens with two attached hydrogens (primary N) is 1. The van der Waals surface area contributed by atoms with Gasteiger partial charge in [-0.05, 0) is 38.5 Å². The van der Waals surface area contributed by atoms with Gasteiger partial charge in [0.25, 0.3) is 0 Å². The predicted octanol–water partition coefficient (Wildman–Crippen LogP) is 0.874. The number of hydrogen-bond acceptors (Lipinski definition) is 7. The molecular formula is C17H22N4O5. The third kappa shape index (κ3) is 3.31. The van der Waals surface area contributed by atoms with Crippen LogP contribution in [0.5, 0.6) is 11.8 Å².